The third kappa shape index (κ3) is 50.0. The third-order valence-electron chi connectivity index (χ3n) is 1.49. The van der Waals surface area contributed by atoms with Crippen LogP contribution in [0.3, 0.4) is 0 Å². The van der Waals surface area contributed by atoms with Crippen molar-refractivity contribution in [3.63, 3.8) is 0 Å². The van der Waals surface area contributed by atoms with E-state index < -0.39 is 10.2 Å². The van der Waals surface area contributed by atoms with E-state index in [4.69, 9.17) is 37.6 Å². The van der Waals surface area contributed by atoms with E-state index in [-0.39, 0.29) is 38.4 Å². The number of ether oxygens (including phenoxy) is 4. The van der Waals surface area contributed by atoms with Gasteiger partial charge in [-0.3, -0.25) is 0 Å². The van der Waals surface area contributed by atoms with Gasteiger partial charge in [0.05, 0.1) is 52.9 Å². The molecule has 0 aromatic heterocycles. The molecule has 2 aliphatic heterocycles. The zero-order valence-electron chi connectivity index (χ0n) is 11.7. The average Bonchev–Trinajstić information content (AvgIpc) is 2.32. The van der Waals surface area contributed by atoms with Gasteiger partial charge in [-0.1, -0.05) is 0 Å². The van der Waals surface area contributed by atoms with Crippen molar-refractivity contribution in [3.8, 4) is 0 Å². The molecule has 2 aliphatic rings. The predicted molar refractivity (Wildman–Crippen MR) is 64.4 cm³/mol. The third-order valence-corrected chi connectivity index (χ3v) is 1.49. The van der Waals surface area contributed by atoms with E-state index in [1.54, 1.807) is 0 Å². The van der Waals surface area contributed by atoms with E-state index in [1.165, 1.54) is 0 Å². The first-order valence-electron chi connectivity index (χ1n) is 4.97. The molecule has 0 atom stereocenters. The Bertz CT molecular complexity index is 123. The Labute approximate surface area is 139 Å². The van der Waals surface area contributed by atoms with Crippen LogP contribution in [0.4, 0.5) is 0 Å². The zero-order chi connectivity index (χ0) is 13.0. The van der Waals surface area contributed by atoms with Crippen LogP contribution in [0.5, 0.6) is 0 Å². The topological polar surface area (TPSA) is 247 Å². The molecule has 22 heavy (non-hydrogen) atoms. The van der Waals surface area contributed by atoms with Crippen molar-refractivity contribution in [2.45, 2.75) is 0 Å². The van der Waals surface area contributed by atoms with Crippen molar-refractivity contribution >= 4 is 0 Å². The summed E-state index contributed by atoms with van der Waals surface area (Å²) in [4.78, 5) is 0. The molecule has 2 fully saturated rings. The normalized spacial score (nSPS) is 16.5. The fraction of sp³-hybridized carbons (Fsp3) is 1.00. The molecule has 0 spiro atoms. The molecule has 0 radical (unpaired) electrons. The molecule has 14 heteroatoms. The fourth-order valence-electron chi connectivity index (χ4n) is 0.880. The van der Waals surface area contributed by atoms with Gasteiger partial charge in [-0.05, 0) is 0 Å². The monoisotopic (exact) mass is 408 g/mol. The van der Waals surface area contributed by atoms with Gasteiger partial charge in [0.25, 0.3) is 0 Å². The molecule has 0 unspecified atom stereocenters. The summed E-state index contributed by atoms with van der Waals surface area (Å²) in [6.45, 7) is 6.22. The van der Waals surface area contributed by atoms with Crippen molar-refractivity contribution in [1.82, 2.24) is 0 Å². The second-order valence-corrected chi connectivity index (χ2v) is 3.75. The number of halogens is 1. The Morgan fingerprint density at radius 2 is 0.636 bits per heavy atom. The molecule has 0 saturated carbocycles. The first kappa shape index (κ1) is 38.1. The second-order valence-electron chi connectivity index (χ2n) is 2.88. The first-order chi connectivity index (χ1) is 8.00. The number of hydrogen-bond donors (Lipinski definition) is 3. The van der Waals surface area contributed by atoms with Gasteiger partial charge < -0.3 is 40.9 Å². The van der Waals surface area contributed by atoms with Crippen molar-refractivity contribution in [1.29, 1.82) is 0 Å². The molecule has 2 heterocycles. The quantitative estimate of drug-likeness (QED) is 0.324. The summed E-state index contributed by atoms with van der Waals surface area (Å²) >= 11 is 0. The fourth-order valence-corrected chi connectivity index (χ4v) is 0.880. The first-order valence-corrected chi connectivity index (χ1v) is 6.29. The van der Waals surface area contributed by atoms with Crippen molar-refractivity contribution in [3.05, 3.63) is 0 Å². The molecule has 0 bridgehead atoms. The summed E-state index contributed by atoms with van der Waals surface area (Å²) in [5.74, 6) is 0. The van der Waals surface area contributed by atoms with Crippen LogP contribution in [-0.4, -0.2) is 88.7 Å². The molecule has 12 nitrogen and oxygen atoms in total. The van der Waals surface area contributed by atoms with Crippen LogP contribution in [0, 0.1) is 10.2 Å². The minimum atomic E-state index is -4.19. The van der Waals surface area contributed by atoms with Gasteiger partial charge in [0, 0.05) is 0 Å². The zero-order valence-corrected chi connectivity index (χ0v) is 13.5. The van der Waals surface area contributed by atoms with Crippen molar-refractivity contribution < 1.29 is 86.2 Å². The molecule has 146 valence electrons. The Morgan fingerprint density at radius 1 is 0.545 bits per heavy atom. The van der Waals surface area contributed by atoms with E-state index in [0.717, 1.165) is 52.9 Å². The Balaban J connectivity index is -0.0000000394. The van der Waals surface area contributed by atoms with Gasteiger partial charge in [-0.15, -0.1) is 0 Å². The van der Waals surface area contributed by atoms with Crippen LogP contribution in [0.2, 0.25) is 0 Å². The SMILES string of the molecule is C1COCCO1.C1COCCO1.O.O.O.O.[Ni+2].[O-][Cl+](O)(O)O. The van der Waals surface area contributed by atoms with E-state index >= 15 is 0 Å². The molecule has 2 rings (SSSR count). The van der Waals surface area contributed by atoms with E-state index in [0.29, 0.717) is 0 Å². The van der Waals surface area contributed by atoms with E-state index in [2.05, 4.69) is 0 Å². The average molecular weight is 409 g/mol. The molecule has 0 amide bonds. The van der Waals surface area contributed by atoms with E-state index in [1.807, 2.05) is 0 Å². The van der Waals surface area contributed by atoms with Crippen LogP contribution in [0.15, 0.2) is 0 Å². The molecule has 0 aromatic rings. The van der Waals surface area contributed by atoms with Crippen molar-refractivity contribution in [2.24, 2.45) is 0 Å². The predicted octanol–water partition coefficient (Wildman–Crippen LogP) is -6.09. The number of rotatable bonds is 0. The van der Waals surface area contributed by atoms with Gasteiger partial charge in [0.1, 0.15) is 0 Å². The van der Waals surface area contributed by atoms with Crippen LogP contribution in [0.25, 0.3) is 0 Å². The van der Waals surface area contributed by atoms with Gasteiger partial charge >= 0.3 is 45.4 Å². The molecule has 2 saturated heterocycles. The molecule has 0 aromatic carbocycles. The molecule has 0 aliphatic carbocycles. The minimum absolute atomic E-state index is 0. The summed E-state index contributed by atoms with van der Waals surface area (Å²) in [5.41, 5.74) is 0. The van der Waals surface area contributed by atoms with Gasteiger partial charge in [0.2, 0.25) is 0 Å². The Hall–Kier alpha value is 0.304. The van der Waals surface area contributed by atoms with Gasteiger partial charge in [-0.25, -0.2) is 0 Å². The standard InChI is InChI=1S/2C4H8O2.ClH3O4.Ni.4H2O/c2*1-2-6-4-3-5-1;2-1(3,4)5;;;;;/h2*1-4H2;2-4H;;4*1H2/q;;;+2;;;;. The van der Waals surface area contributed by atoms with Crippen LogP contribution in [0.1, 0.15) is 0 Å². The summed E-state index contributed by atoms with van der Waals surface area (Å²) in [6.07, 6.45) is 0. The summed E-state index contributed by atoms with van der Waals surface area (Å²) in [7, 11) is -4.19. The Morgan fingerprint density at radius 3 is 0.682 bits per heavy atom. The second kappa shape index (κ2) is 26.2. The summed E-state index contributed by atoms with van der Waals surface area (Å²) in [6, 6.07) is 0. The van der Waals surface area contributed by atoms with Gasteiger partial charge in [0.15, 0.2) is 0 Å². The van der Waals surface area contributed by atoms with Crippen LogP contribution < -0.4 is 4.66 Å². The molecular weight excluding hydrogens is 382 g/mol. The number of hydrogen-bond acceptors (Lipinski definition) is 8. The summed E-state index contributed by atoms with van der Waals surface area (Å²) in [5, 5.41) is 0. The molecular formula is C8H27ClNiO12+2. The van der Waals surface area contributed by atoms with Crippen LogP contribution in [-0.2, 0) is 35.4 Å². The Kier molecular flexibility index (Phi) is 45.4. The van der Waals surface area contributed by atoms with E-state index in [9.17, 15) is 0 Å². The summed E-state index contributed by atoms with van der Waals surface area (Å²) < 4.78 is 50.0. The maximum atomic E-state index is 8.83. The maximum absolute atomic E-state index is 8.83. The van der Waals surface area contributed by atoms with Crippen LogP contribution >= 0.6 is 0 Å². The van der Waals surface area contributed by atoms with Crippen molar-refractivity contribution in [2.75, 3.05) is 52.9 Å². The molecule has 11 N–H and O–H groups in total. The van der Waals surface area contributed by atoms with Gasteiger partial charge in [-0.2, -0.15) is 0 Å².